The van der Waals surface area contributed by atoms with Gasteiger partial charge in [-0.3, -0.25) is 4.99 Å². The highest BCUT2D eigenvalue weighted by molar-refractivity contribution is 14.0. The first-order chi connectivity index (χ1) is 13.8. The van der Waals surface area contributed by atoms with Crippen molar-refractivity contribution < 1.29 is 9.53 Å². The summed E-state index contributed by atoms with van der Waals surface area (Å²) in [5.74, 6) is 1.92. The first kappa shape index (κ1) is 26.5. The van der Waals surface area contributed by atoms with Crippen LogP contribution in [0.4, 0.5) is 4.79 Å². The van der Waals surface area contributed by atoms with E-state index in [4.69, 9.17) is 4.74 Å². The number of aliphatic imine (C=N–C) groups is 1. The number of ether oxygens (including phenoxy) is 1. The summed E-state index contributed by atoms with van der Waals surface area (Å²) in [6.45, 7) is 9.55. The number of aryl methyl sites for hydroxylation is 2. The number of imidazole rings is 1. The molecule has 1 aliphatic carbocycles. The fourth-order valence-electron chi connectivity index (χ4n) is 3.50. The second kappa shape index (κ2) is 13.0. The number of guanidine groups is 1. The van der Waals surface area contributed by atoms with E-state index >= 15 is 0 Å². The molecule has 1 saturated carbocycles. The van der Waals surface area contributed by atoms with Gasteiger partial charge in [-0.05, 0) is 66.2 Å². The second-order valence-electron chi connectivity index (χ2n) is 8.71. The number of aromatic nitrogens is 2. The van der Waals surface area contributed by atoms with Crippen LogP contribution in [0.15, 0.2) is 17.4 Å². The summed E-state index contributed by atoms with van der Waals surface area (Å²) >= 11 is 0. The van der Waals surface area contributed by atoms with Crippen LogP contribution in [0.25, 0.3) is 0 Å². The zero-order valence-electron chi connectivity index (χ0n) is 19.0. The fourth-order valence-corrected chi connectivity index (χ4v) is 3.50. The molecule has 1 amide bonds. The monoisotopic (exact) mass is 534 g/mol. The summed E-state index contributed by atoms with van der Waals surface area (Å²) in [7, 11) is 1.81. The van der Waals surface area contributed by atoms with E-state index in [-0.39, 0.29) is 36.1 Å². The maximum atomic E-state index is 11.9. The molecule has 2 rings (SSSR count). The molecule has 0 aromatic carbocycles. The molecule has 9 heteroatoms. The Morgan fingerprint density at radius 3 is 2.37 bits per heavy atom. The van der Waals surface area contributed by atoms with Crippen LogP contribution in [0.3, 0.4) is 0 Å². The number of nitrogens with zero attached hydrogens (tertiary/aromatic N) is 3. The minimum Gasteiger partial charge on any atom is -0.444 e. The number of rotatable bonds is 7. The molecule has 0 saturated heterocycles. The number of halogens is 1. The molecular formula is C21H39IN6O2. The average molecular weight is 534 g/mol. The van der Waals surface area contributed by atoms with E-state index in [1.807, 2.05) is 40.1 Å². The van der Waals surface area contributed by atoms with Crippen molar-refractivity contribution in [2.24, 2.45) is 4.99 Å². The molecule has 0 bridgehead atoms. The Morgan fingerprint density at radius 1 is 1.20 bits per heavy atom. The molecule has 1 aromatic rings. The third kappa shape index (κ3) is 9.99. The van der Waals surface area contributed by atoms with Gasteiger partial charge >= 0.3 is 6.09 Å². The predicted octanol–water partition coefficient (Wildman–Crippen LogP) is 3.59. The molecule has 0 spiro atoms. The molecule has 0 radical (unpaired) electrons. The first-order valence-corrected chi connectivity index (χ1v) is 10.7. The highest BCUT2D eigenvalue weighted by atomic mass is 127. The number of carbonyl (C=O) groups is 1. The zero-order chi connectivity index (χ0) is 21.3. The van der Waals surface area contributed by atoms with Gasteiger partial charge in [-0.1, -0.05) is 0 Å². The van der Waals surface area contributed by atoms with E-state index in [0.717, 1.165) is 63.4 Å². The normalized spacial score (nSPS) is 19.6. The van der Waals surface area contributed by atoms with Crippen molar-refractivity contribution in [3.8, 4) is 0 Å². The summed E-state index contributed by atoms with van der Waals surface area (Å²) in [5, 5.41) is 9.90. The second-order valence-corrected chi connectivity index (χ2v) is 8.71. The highest BCUT2D eigenvalue weighted by Crippen LogP contribution is 2.19. The molecule has 1 aromatic heterocycles. The van der Waals surface area contributed by atoms with E-state index in [2.05, 4.69) is 30.5 Å². The number of nitrogens with one attached hydrogen (secondary N) is 3. The van der Waals surface area contributed by atoms with Crippen LogP contribution >= 0.6 is 24.0 Å². The predicted molar refractivity (Wildman–Crippen MR) is 132 cm³/mol. The minimum atomic E-state index is -0.460. The molecule has 1 aliphatic rings. The molecule has 3 N–H and O–H groups in total. The van der Waals surface area contributed by atoms with Gasteiger partial charge in [0.2, 0.25) is 0 Å². The average Bonchev–Trinajstić information content (AvgIpc) is 3.05. The number of hydrogen-bond donors (Lipinski definition) is 3. The minimum absolute atomic E-state index is 0. The SMILES string of the molecule is CN=C(NCCCCn1ccnc1C)NC1CCC(NC(=O)OC(C)(C)C)CC1.I. The fraction of sp³-hybridized carbons (Fsp3) is 0.762. The molecule has 172 valence electrons. The Labute approximate surface area is 198 Å². The molecule has 0 atom stereocenters. The Balaban J connectivity index is 0.00000450. The van der Waals surface area contributed by atoms with Gasteiger partial charge in [-0.25, -0.2) is 9.78 Å². The molecule has 1 heterocycles. The number of alkyl carbamates (subject to hydrolysis) is 1. The van der Waals surface area contributed by atoms with Crippen molar-refractivity contribution in [3.63, 3.8) is 0 Å². The van der Waals surface area contributed by atoms with E-state index in [0.29, 0.717) is 6.04 Å². The van der Waals surface area contributed by atoms with Crippen molar-refractivity contribution in [1.82, 2.24) is 25.5 Å². The van der Waals surface area contributed by atoms with Crippen molar-refractivity contribution in [2.75, 3.05) is 13.6 Å². The largest absolute Gasteiger partial charge is 0.444 e. The van der Waals surface area contributed by atoms with Gasteiger partial charge in [0.25, 0.3) is 0 Å². The van der Waals surface area contributed by atoms with Gasteiger partial charge in [0.15, 0.2) is 5.96 Å². The summed E-state index contributed by atoms with van der Waals surface area (Å²) in [4.78, 5) is 20.5. The van der Waals surface area contributed by atoms with Crippen molar-refractivity contribution in [2.45, 2.75) is 90.4 Å². The summed E-state index contributed by atoms with van der Waals surface area (Å²) < 4.78 is 7.52. The van der Waals surface area contributed by atoms with Gasteiger partial charge in [0.1, 0.15) is 11.4 Å². The lowest BCUT2D eigenvalue weighted by Gasteiger charge is -2.31. The Bertz CT molecular complexity index is 663. The molecule has 0 unspecified atom stereocenters. The summed E-state index contributed by atoms with van der Waals surface area (Å²) in [6.07, 6.45) is 9.61. The van der Waals surface area contributed by atoms with Gasteiger partial charge in [0.05, 0.1) is 0 Å². The van der Waals surface area contributed by atoms with Crippen LogP contribution in [0.5, 0.6) is 0 Å². The number of carbonyl (C=O) groups excluding carboxylic acids is 1. The van der Waals surface area contributed by atoms with Crippen molar-refractivity contribution in [3.05, 3.63) is 18.2 Å². The quantitative estimate of drug-likeness (QED) is 0.215. The van der Waals surface area contributed by atoms with Gasteiger partial charge in [-0.2, -0.15) is 0 Å². The third-order valence-electron chi connectivity index (χ3n) is 5.05. The molecule has 30 heavy (non-hydrogen) atoms. The van der Waals surface area contributed by atoms with Crippen LogP contribution in [0.1, 0.15) is 65.1 Å². The first-order valence-electron chi connectivity index (χ1n) is 10.7. The van der Waals surface area contributed by atoms with Crippen molar-refractivity contribution >= 4 is 36.0 Å². The van der Waals surface area contributed by atoms with Crippen LogP contribution in [-0.2, 0) is 11.3 Å². The van der Waals surface area contributed by atoms with E-state index in [1.165, 1.54) is 0 Å². The molecular weight excluding hydrogens is 495 g/mol. The van der Waals surface area contributed by atoms with Crippen LogP contribution in [0.2, 0.25) is 0 Å². The lowest BCUT2D eigenvalue weighted by molar-refractivity contribution is 0.0490. The summed E-state index contributed by atoms with van der Waals surface area (Å²) in [5.41, 5.74) is -0.460. The Kier molecular flexibility index (Phi) is 11.5. The molecule has 0 aliphatic heterocycles. The highest BCUT2D eigenvalue weighted by Gasteiger charge is 2.25. The van der Waals surface area contributed by atoms with E-state index < -0.39 is 5.60 Å². The van der Waals surface area contributed by atoms with Gasteiger partial charge < -0.3 is 25.3 Å². The topological polar surface area (TPSA) is 92.6 Å². The van der Waals surface area contributed by atoms with Crippen LogP contribution in [0, 0.1) is 6.92 Å². The smallest absolute Gasteiger partial charge is 0.407 e. The standard InChI is InChI=1S/C21H38N6O2.HI/c1-16-23-13-15-27(16)14-7-6-12-24-19(22-5)25-17-8-10-18(11-9-17)26-20(28)29-21(2,3)4;/h13,15,17-18H,6-12,14H2,1-5H3,(H,26,28)(H2,22,24,25);1H. The zero-order valence-corrected chi connectivity index (χ0v) is 21.4. The van der Waals surface area contributed by atoms with Gasteiger partial charge in [-0.15, -0.1) is 24.0 Å². The third-order valence-corrected chi connectivity index (χ3v) is 5.05. The maximum Gasteiger partial charge on any atom is 0.407 e. The Morgan fingerprint density at radius 2 is 1.83 bits per heavy atom. The number of hydrogen-bond acceptors (Lipinski definition) is 4. The van der Waals surface area contributed by atoms with E-state index in [9.17, 15) is 4.79 Å². The summed E-state index contributed by atoms with van der Waals surface area (Å²) in [6, 6.07) is 0.566. The molecule has 8 nitrogen and oxygen atoms in total. The Hall–Kier alpha value is -1.52. The van der Waals surface area contributed by atoms with Crippen LogP contribution < -0.4 is 16.0 Å². The molecule has 1 fully saturated rings. The lowest BCUT2D eigenvalue weighted by Crippen LogP contribution is -2.48. The van der Waals surface area contributed by atoms with Crippen LogP contribution in [-0.4, -0.2) is 52.9 Å². The van der Waals surface area contributed by atoms with Gasteiger partial charge in [0, 0.05) is 44.6 Å². The van der Waals surface area contributed by atoms with E-state index in [1.54, 1.807) is 7.05 Å². The number of amides is 1. The number of unbranched alkanes of at least 4 members (excludes halogenated alkanes) is 1. The maximum absolute atomic E-state index is 11.9. The lowest BCUT2D eigenvalue weighted by atomic mass is 9.91. The van der Waals surface area contributed by atoms with Crippen molar-refractivity contribution in [1.29, 1.82) is 0 Å².